The second kappa shape index (κ2) is 4.50. The Kier molecular flexibility index (Phi) is 3.18. The van der Waals surface area contributed by atoms with Crippen molar-refractivity contribution in [2.45, 2.75) is 19.4 Å². The van der Waals surface area contributed by atoms with Gasteiger partial charge in [-0.1, -0.05) is 24.3 Å². The highest BCUT2D eigenvalue weighted by atomic mass is 19.1. The highest BCUT2D eigenvalue weighted by Crippen LogP contribution is 2.31. The zero-order valence-corrected chi connectivity index (χ0v) is 10.2. The van der Waals surface area contributed by atoms with Gasteiger partial charge in [-0.2, -0.15) is 0 Å². The molecular formula is C15H14F2O. The highest BCUT2D eigenvalue weighted by molar-refractivity contribution is 5.39. The predicted molar refractivity (Wildman–Crippen MR) is 66.2 cm³/mol. The van der Waals surface area contributed by atoms with Crippen molar-refractivity contribution in [3.8, 4) is 0 Å². The molecule has 0 saturated carbocycles. The largest absolute Gasteiger partial charge is 0.381 e. The number of aliphatic hydroxyl groups is 1. The van der Waals surface area contributed by atoms with E-state index >= 15 is 0 Å². The van der Waals surface area contributed by atoms with Gasteiger partial charge in [0.05, 0.1) is 0 Å². The highest BCUT2D eigenvalue weighted by Gasteiger charge is 2.28. The minimum atomic E-state index is -1.42. The Labute approximate surface area is 105 Å². The van der Waals surface area contributed by atoms with Crippen LogP contribution in [0.3, 0.4) is 0 Å². The number of benzene rings is 2. The van der Waals surface area contributed by atoms with E-state index in [2.05, 4.69) is 0 Å². The summed E-state index contributed by atoms with van der Waals surface area (Å²) in [6.07, 6.45) is 0. The van der Waals surface area contributed by atoms with E-state index in [1.54, 1.807) is 12.1 Å². The molecule has 0 saturated heterocycles. The number of halogens is 2. The van der Waals surface area contributed by atoms with Gasteiger partial charge in [-0.05, 0) is 42.7 Å². The minimum Gasteiger partial charge on any atom is -0.381 e. The van der Waals surface area contributed by atoms with E-state index in [0.717, 1.165) is 23.8 Å². The molecule has 0 aromatic heterocycles. The van der Waals surface area contributed by atoms with Gasteiger partial charge in [0.2, 0.25) is 0 Å². The molecule has 18 heavy (non-hydrogen) atoms. The third kappa shape index (κ3) is 2.27. The van der Waals surface area contributed by atoms with Crippen molar-refractivity contribution in [3.05, 3.63) is 70.8 Å². The average molecular weight is 248 g/mol. The Balaban J connectivity index is 2.57. The third-order valence-electron chi connectivity index (χ3n) is 3.09. The van der Waals surface area contributed by atoms with Gasteiger partial charge in [-0.3, -0.25) is 0 Å². The van der Waals surface area contributed by atoms with Crippen LogP contribution in [0, 0.1) is 18.6 Å². The summed E-state index contributed by atoms with van der Waals surface area (Å²) in [6, 6.07) is 10.3. The Hall–Kier alpha value is -1.74. The Morgan fingerprint density at radius 1 is 1.00 bits per heavy atom. The van der Waals surface area contributed by atoms with Crippen molar-refractivity contribution in [2.24, 2.45) is 0 Å². The summed E-state index contributed by atoms with van der Waals surface area (Å²) in [5.74, 6) is -1.39. The zero-order valence-electron chi connectivity index (χ0n) is 10.2. The van der Waals surface area contributed by atoms with Crippen molar-refractivity contribution in [1.29, 1.82) is 0 Å². The number of hydrogen-bond donors (Lipinski definition) is 1. The average Bonchev–Trinajstić information content (AvgIpc) is 2.28. The Morgan fingerprint density at radius 3 is 2.11 bits per heavy atom. The first-order valence-electron chi connectivity index (χ1n) is 5.66. The molecule has 0 amide bonds. The predicted octanol–water partition coefficient (Wildman–Crippen LogP) is 3.53. The molecule has 2 aromatic carbocycles. The lowest BCUT2D eigenvalue weighted by molar-refractivity contribution is 0.101. The lowest BCUT2D eigenvalue weighted by atomic mass is 9.85. The van der Waals surface area contributed by atoms with Gasteiger partial charge in [0.25, 0.3) is 0 Å². The molecule has 0 radical (unpaired) electrons. The monoisotopic (exact) mass is 248 g/mol. The Morgan fingerprint density at radius 2 is 1.56 bits per heavy atom. The summed E-state index contributed by atoms with van der Waals surface area (Å²) < 4.78 is 26.4. The van der Waals surface area contributed by atoms with E-state index in [1.807, 2.05) is 19.1 Å². The van der Waals surface area contributed by atoms with Gasteiger partial charge in [0, 0.05) is 6.07 Å². The molecule has 0 bridgehead atoms. The number of rotatable bonds is 2. The molecule has 0 fully saturated rings. The quantitative estimate of drug-likeness (QED) is 0.862. The minimum absolute atomic E-state index is 0.203. The molecule has 0 heterocycles. The lowest BCUT2D eigenvalue weighted by Crippen LogP contribution is -2.24. The van der Waals surface area contributed by atoms with Crippen LogP contribution in [0.2, 0.25) is 0 Å². The van der Waals surface area contributed by atoms with Crippen molar-refractivity contribution in [2.75, 3.05) is 0 Å². The SMILES string of the molecule is Cc1ccccc1C(C)(O)c1cc(F)cc(F)c1. The molecule has 1 nitrogen and oxygen atoms in total. The molecule has 0 aliphatic heterocycles. The fourth-order valence-corrected chi connectivity index (χ4v) is 2.11. The van der Waals surface area contributed by atoms with Gasteiger partial charge in [0.1, 0.15) is 17.2 Å². The second-order valence-electron chi connectivity index (χ2n) is 4.55. The van der Waals surface area contributed by atoms with E-state index < -0.39 is 17.2 Å². The van der Waals surface area contributed by atoms with Gasteiger partial charge in [0.15, 0.2) is 0 Å². The third-order valence-corrected chi connectivity index (χ3v) is 3.09. The molecule has 94 valence electrons. The van der Waals surface area contributed by atoms with Crippen LogP contribution in [0.25, 0.3) is 0 Å². The topological polar surface area (TPSA) is 20.2 Å². The molecule has 3 heteroatoms. The maximum Gasteiger partial charge on any atom is 0.126 e. The summed E-state index contributed by atoms with van der Waals surface area (Å²) in [6.45, 7) is 3.38. The summed E-state index contributed by atoms with van der Waals surface area (Å²) in [7, 11) is 0. The van der Waals surface area contributed by atoms with E-state index in [9.17, 15) is 13.9 Å². The lowest BCUT2D eigenvalue weighted by Gasteiger charge is -2.26. The van der Waals surface area contributed by atoms with Crippen LogP contribution in [0.5, 0.6) is 0 Å². The molecule has 1 N–H and O–H groups in total. The van der Waals surface area contributed by atoms with Crippen LogP contribution in [-0.2, 0) is 5.60 Å². The maximum atomic E-state index is 13.2. The van der Waals surface area contributed by atoms with Crippen LogP contribution in [-0.4, -0.2) is 5.11 Å². The standard InChI is InChI=1S/C15H14F2O/c1-10-5-3-4-6-14(10)15(2,18)11-7-12(16)9-13(17)8-11/h3-9,18H,1-2H3. The molecule has 2 rings (SSSR count). The van der Waals surface area contributed by atoms with E-state index in [0.29, 0.717) is 5.56 Å². The van der Waals surface area contributed by atoms with Crippen LogP contribution >= 0.6 is 0 Å². The second-order valence-corrected chi connectivity index (χ2v) is 4.55. The summed E-state index contributed by atoms with van der Waals surface area (Å²) >= 11 is 0. The fraction of sp³-hybridized carbons (Fsp3) is 0.200. The molecular weight excluding hydrogens is 234 g/mol. The van der Waals surface area contributed by atoms with Crippen LogP contribution in [0.15, 0.2) is 42.5 Å². The number of aryl methyl sites for hydroxylation is 1. The smallest absolute Gasteiger partial charge is 0.126 e. The van der Waals surface area contributed by atoms with Gasteiger partial charge in [-0.15, -0.1) is 0 Å². The van der Waals surface area contributed by atoms with E-state index in [4.69, 9.17) is 0 Å². The van der Waals surface area contributed by atoms with Crippen LogP contribution < -0.4 is 0 Å². The van der Waals surface area contributed by atoms with Crippen molar-refractivity contribution < 1.29 is 13.9 Å². The molecule has 0 aliphatic rings. The summed E-state index contributed by atoms with van der Waals surface area (Å²) in [5.41, 5.74) is 0.283. The van der Waals surface area contributed by atoms with Crippen molar-refractivity contribution >= 4 is 0 Å². The van der Waals surface area contributed by atoms with E-state index in [-0.39, 0.29) is 5.56 Å². The van der Waals surface area contributed by atoms with Gasteiger partial charge in [-0.25, -0.2) is 8.78 Å². The first-order chi connectivity index (χ1) is 8.41. The summed E-state index contributed by atoms with van der Waals surface area (Å²) in [4.78, 5) is 0. The van der Waals surface area contributed by atoms with Crippen LogP contribution in [0.1, 0.15) is 23.6 Å². The molecule has 0 spiro atoms. The fourth-order valence-electron chi connectivity index (χ4n) is 2.11. The molecule has 0 aliphatic carbocycles. The first kappa shape index (κ1) is 12.7. The maximum absolute atomic E-state index is 13.2. The van der Waals surface area contributed by atoms with E-state index in [1.165, 1.54) is 6.92 Å². The number of hydrogen-bond acceptors (Lipinski definition) is 1. The first-order valence-corrected chi connectivity index (χ1v) is 5.66. The van der Waals surface area contributed by atoms with Crippen molar-refractivity contribution in [1.82, 2.24) is 0 Å². The van der Waals surface area contributed by atoms with Gasteiger partial charge < -0.3 is 5.11 Å². The zero-order chi connectivity index (χ0) is 13.3. The molecule has 1 atom stereocenters. The normalized spacial score (nSPS) is 14.3. The van der Waals surface area contributed by atoms with Crippen molar-refractivity contribution in [3.63, 3.8) is 0 Å². The molecule has 1 unspecified atom stereocenters. The summed E-state index contributed by atoms with van der Waals surface area (Å²) in [5, 5.41) is 10.6. The molecule has 2 aromatic rings. The van der Waals surface area contributed by atoms with Gasteiger partial charge >= 0.3 is 0 Å². The Bertz CT molecular complexity index is 556. The van der Waals surface area contributed by atoms with Crippen LogP contribution in [0.4, 0.5) is 8.78 Å².